The molecule has 120 valence electrons. The standard InChI is InChI=1S/C16H24N4O2/c1-12-8-15(19-18-12)16(21)20(11-14-5-3-7-22-14)10-13-4-2-6-17-9-13/h2,4,6,9,12,14-15,18-19H,3,5,7-8,10-11H2,1H3. The second-order valence-electron chi connectivity index (χ2n) is 6.19. The van der Waals surface area contributed by atoms with Crippen molar-refractivity contribution in [3.05, 3.63) is 30.1 Å². The molecule has 22 heavy (non-hydrogen) atoms. The third kappa shape index (κ3) is 3.82. The minimum absolute atomic E-state index is 0.135. The van der Waals surface area contributed by atoms with Crippen molar-refractivity contribution in [1.82, 2.24) is 20.7 Å². The highest BCUT2D eigenvalue weighted by Gasteiger charge is 2.32. The fraction of sp³-hybridized carbons (Fsp3) is 0.625. The Morgan fingerprint density at radius 3 is 3.05 bits per heavy atom. The molecule has 0 saturated carbocycles. The molecule has 1 amide bonds. The SMILES string of the molecule is CC1CC(C(=O)N(Cc2cccnc2)CC2CCCO2)NN1. The molecule has 0 bridgehead atoms. The maximum Gasteiger partial charge on any atom is 0.241 e. The van der Waals surface area contributed by atoms with Gasteiger partial charge in [-0.1, -0.05) is 6.07 Å². The Morgan fingerprint density at radius 1 is 1.50 bits per heavy atom. The molecular weight excluding hydrogens is 280 g/mol. The Labute approximate surface area is 131 Å². The number of ether oxygens (including phenoxy) is 1. The molecule has 2 saturated heterocycles. The van der Waals surface area contributed by atoms with Crippen LogP contribution < -0.4 is 10.9 Å². The molecule has 2 N–H and O–H groups in total. The third-order valence-electron chi connectivity index (χ3n) is 4.25. The van der Waals surface area contributed by atoms with Crippen LogP contribution in [-0.4, -0.2) is 47.1 Å². The predicted molar refractivity (Wildman–Crippen MR) is 82.8 cm³/mol. The van der Waals surface area contributed by atoms with Gasteiger partial charge in [0.25, 0.3) is 0 Å². The van der Waals surface area contributed by atoms with Crippen molar-refractivity contribution in [2.24, 2.45) is 0 Å². The number of carbonyl (C=O) groups excluding carboxylic acids is 1. The van der Waals surface area contributed by atoms with Gasteiger partial charge in [0.2, 0.25) is 5.91 Å². The zero-order chi connectivity index (χ0) is 15.4. The third-order valence-corrected chi connectivity index (χ3v) is 4.25. The highest BCUT2D eigenvalue weighted by Crippen LogP contribution is 2.17. The number of nitrogens with zero attached hydrogens (tertiary/aromatic N) is 2. The molecule has 2 aliphatic heterocycles. The van der Waals surface area contributed by atoms with Crippen molar-refractivity contribution < 1.29 is 9.53 Å². The van der Waals surface area contributed by atoms with Crippen molar-refractivity contribution in [1.29, 1.82) is 0 Å². The fourth-order valence-electron chi connectivity index (χ4n) is 3.08. The summed E-state index contributed by atoms with van der Waals surface area (Å²) in [6.45, 7) is 4.12. The lowest BCUT2D eigenvalue weighted by atomic mass is 10.1. The lowest BCUT2D eigenvalue weighted by molar-refractivity contribution is -0.135. The van der Waals surface area contributed by atoms with Gasteiger partial charge in [-0.25, -0.2) is 5.43 Å². The van der Waals surface area contributed by atoms with Crippen LogP contribution >= 0.6 is 0 Å². The zero-order valence-electron chi connectivity index (χ0n) is 13.0. The molecule has 1 aromatic rings. The van der Waals surface area contributed by atoms with Gasteiger partial charge in [0.05, 0.1) is 6.10 Å². The summed E-state index contributed by atoms with van der Waals surface area (Å²) in [5.74, 6) is 0.135. The van der Waals surface area contributed by atoms with Gasteiger partial charge in [-0.15, -0.1) is 0 Å². The average Bonchev–Trinajstić information content (AvgIpc) is 3.18. The molecule has 6 heteroatoms. The van der Waals surface area contributed by atoms with Crippen molar-refractivity contribution in [3.63, 3.8) is 0 Å². The topological polar surface area (TPSA) is 66.5 Å². The van der Waals surface area contributed by atoms with Gasteiger partial charge >= 0.3 is 0 Å². The highest BCUT2D eigenvalue weighted by molar-refractivity contribution is 5.82. The van der Waals surface area contributed by atoms with Crippen LogP contribution in [0.4, 0.5) is 0 Å². The van der Waals surface area contributed by atoms with Crippen LogP contribution in [0.5, 0.6) is 0 Å². The summed E-state index contributed by atoms with van der Waals surface area (Å²) < 4.78 is 5.71. The van der Waals surface area contributed by atoms with Crippen molar-refractivity contribution in [2.45, 2.75) is 50.9 Å². The second kappa shape index (κ2) is 7.17. The van der Waals surface area contributed by atoms with Crippen LogP contribution in [0, 0.1) is 0 Å². The van der Waals surface area contributed by atoms with E-state index in [4.69, 9.17) is 4.74 Å². The Bertz CT molecular complexity index is 490. The van der Waals surface area contributed by atoms with Crippen LogP contribution in [0.3, 0.4) is 0 Å². The van der Waals surface area contributed by atoms with E-state index in [1.165, 1.54) is 0 Å². The molecule has 6 nitrogen and oxygen atoms in total. The Balaban J connectivity index is 1.68. The van der Waals surface area contributed by atoms with Gasteiger partial charge in [-0.3, -0.25) is 15.2 Å². The molecule has 3 heterocycles. The van der Waals surface area contributed by atoms with E-state index < -0.39 is 0 Å². The summed E-state index contributed by atoms with van der Waals surface area (Å²) in [6.07, 6.45) is 6.66. The van der Waals surface area contributed by atoms with Crippen LogP contribution in [0.1, 0.15) is 31.7 Å². The van der Waals surface area contributed by atoms with Gasteiger partial charge < -0.3 is 9.64 Å². The first-order valence-electron chi connectivity index (χ1n) is 8.02. The average molecular weight is 304 g/mol. The summed E-state index contributed by atoms with van der Waals surface area (Å²) in [6, 6.07) is 4.07. The van der Waals surface area contributed by atoms with Crippen LogP contribution in [0.15, 0.2) is 24.5 Å². The molecule has 3 unspecified atom stereocenters. The predicted octanol–water partition coefficient (Wildman–Crippen LogP) is 0.844. The van der Waals surface area contributed by atoms with Gasteiger partial charge in [-0.05, 0) is 37.8 Å². The number of nitrogens with one attached hydrogen (secondary N) is 2. The lowest BCUT2D eigenvalue weighted by Crippen LogP contribution is -2.47. The number of carbonyl (C=O) groups is 1. The summed E-state index contributed by atoms with van der Waals surface area (Å²) in [5.41, 5.74) is 7.27. The van der Waals surface area contributed by atoms with E-state index in [-0.39, 0.29) is 18.1 Å². The Hall–Kier alpha value is -1.50. The van der Waals surface area contributed by atoms with E-state index in [1.54, 1.807) is 6.20 Å². The minimum atomic E-state index is -0.159. The van der Waals surface area contributed by atoms with Crippen molar-refractivity contribution in [2.75, 3.05) is 13.2 Å². The maximum atomic E-state index is 12.8. The van der Waals surface area contributed by atoms with Gasteiger partial charge in [0.1, 0.15) is 6.04 Å². The highest BCUT2D eigenvalue weighted by atomic mass is 16.5. The van der Waals surface area contributed by atoms with Crippen LogP contribution in [-0.2, 0) is 16.1 Å². The smallest absolute Gasteiger partial charge is 0.241 e. The van der Waals surface area contributed by atoms with Gasteiger partial charge in [0, 0.05) is 38.1 Å². The number of aromatic nitrogens is 1. The second-order valence-corrected chi connectivity index (χ2v) is 6.19. The van der Waals surface area contributed by atoms with Crippen LogP contribution in [0.2, 0.25) is 0 Å². The van der Waals surface area contributed by atoms with E-state index in [9.17, 15) is 4.79 Å². The molecule has 3 rings (SSSR count). The van der Waals surface area contributed by atoms with E-state index in [2.05, 4.69) is 22.8 Å². The monoisotopic (exact) mass is 304 g/mol. The lowest BCUT2D eigenvalue weighted by Gasteiger charge is -2.28. The minimum Gasteiger partial charge on any atom is -0.376 e. The van der Waals surface area contributed by atoms with E-state index in [1.807, 2.05) is 23.2 Å². The largest absolute Gasteiger partial charge is 0.376 e. The number of pyridine rings is 1. The molecular formula is C16H24N4O2. The van der Waals surface area contributed by atoms with E-state index >= 15 is 0 Å². The molecule has 2 aliphatic rings. The number of hydrogen-bond donors (Lipinski definition) is 2. The molecule has 1 aromatic heterocycles. The zero-order valence-corrected chi connectivity index (χ0v) is 13.0. The van der Waals surface area contributed by atoms with Gasteiger partial charge in [0.15, 0.2) is 0 Å². The molecule has 0 spiro atoms. The molecule has 3 atom stereocenters. The van der Waals surface area contributed by atoms with E-state index in [0.717, 1.165) is 31.4 Å². The molecule has 0 aliphatic carbocycles. The van der Waals surface area contributed by atoms with Crippen molar-refractivity contribution >= 4 is 5.91 Å². The first-order chi connectivity index (χ1) is 10.7. The van der Waals surface area contributed by atoms with Crippen molar-refractivity contribution in [3.8, 4) is 0 Å². The summed E-state index contributed by atoms with van der Waals surface area (Å²) in [7, 11) is 0. The normalized spacial score (nSPS) is 28.0. The summed E-state index contributed by atoms with van der Waals surface area (Å²) >= 11 is 0. The Morgan fingerprint density at radius 2 is 2.41 bits per heavy atom. The first kappa shape index (κ1) is 15.4. The van der Waals surface area contributed by atoms with Gasteiger partial charge in [-0.2, -0.15) is 0 Å². The molecule has 0 aromatic carbocycles. The quantitative estimate of drug-likeness (QED) is 0.844. The van der Waals surface area contributed by atoms with Crippen LogP contribution in [0.25, 0.3) is 0 Å². The number of amides is 1. The summed E-state index contributed by atoms with van der Waals surface area (Å²) in [4.78, 5) is 18.9. The van der Waals surface area contributed by atoms with E-state index in [0.29, 0.717) is 19.1 Å². The first-order valence-corrected chi connectivity index (χ1v) is 8.02. The molecule has 2 fully saturated rings. The number of hydrogen-bond acceptors (Lipinski definition) is 5. The molecule has 0 radical (unpaired) electrons. The summed E-state index contributed by atoms with van der Waals surface area (Å²) in [5, 5.41) is 0. The fourth-order valence-corrected chi connectivity index (χ4v) is 3.08. The Kier molecular flexibility index (Phi) is 5.02. The number of hydrazine groups is 1. The number of rotatable bonds is 5. The maximum absolute atomic E-state index is 12.8.